The van der Waals surface area contributed by atoms with Gasteiger partial charge in [0.2, 0.25) is 5.95 Å². The van der Waals surface area contributed by atoms with Gasteiger partial charge in [-0.05, 0) is 6.92 Å². The van der Waals surface area contributed by atoms with Gasteiger partial charge in [0.25, 0.3) is 0 Å². The van der Waals surface area contributed by atoms with Crippen molar-refractivity contribution >= 4 is 0 Å². The van der Waals surface area contributed by atoms with Crippen molar-refractivity contribution < 1.29 is 0 Å². The number of nitrogens with zero attached hydrogens (tertiary/aromatic N) is 5. The van der Waals surface area contributed by atoms with Gasteiger partial charge in [-0.15, -0.1) is 0 Å². The van der Waals surface area contributed by atoms with Crippen LogP contribution in [0.2, 0.25) is 0 Å². The minimum atomic E-state index is 0.657. The fraction of sp³-hybridized carbons (Fsp3) is 0.455. The van der Waals surface area contributed by atoms with E-state index in [1.54, 1.807) is 6.33 Å². The van der Waals surface area contributed by atoms with Gasteiger partial charge in [-0.1, -0.05) is 13.8 Å². The summed E-state index contributed by atoms with van der Waals surface area (Å²) in [5.74, 6) is 2.44. The van der Waals surface area contributed by atoms with Crippen LogP contribution in [0.3, 0.4) is 0 Å². The van der Waals surface area contributed by atoms with Gasteiger partial charge in [0.05, 0.1) is 5.69 Å². The molecule has 0 aliphatic heterocycles. The molecule has 5 nitrogen and oxygen atoms in total. The van der Waals surface area contributed by atoms with E-state index in [1.165, 1.54) is 0 Å². The van der Waals surface area contributed by atoms with E-state index in [2.05, 4.69) is 26.9 Å². The molecule has 0 amide bonds. The van der Waals surface area contributed by atoms with Crippen molar-refractivity contribution in [3.63, 3.8) is 0 Å². The Hall–Kier alpha value is -1.78. The van der Waals surface area contributed by atoms with Crippen LogP contribution in [0.5, 0.6) is 0 Å². The normalized spacial score (nSPS) is 10.7. The quantitative estimate of drug-likeness (QED) is 0.781. The van der Waals surface area contributed by atoms with Crippen LogP contribution in [-0.2, 0) is 12.8 Å². The first kappa shape index (κ1) is 10.7. The second kappa shape index (κ2) is 4.38. The van der Waals surface area contributed by atoms with Crippen LogP contribution >= 0.6 is 0 Å². The maximum atomic E-state index is 4.42. The Morgan fingerprint density at radius 3 is 2.62 bits per heavy atom. The highest BCUT2D eigenvalue weighted by Gasteiger charge is 2.08. The fourth-order valence-corrected chi connectivity index (χ4v) is 1.58. The molecule has 0 atom stereocenters. The van der Waals surface area contributed by atoms with E-state index in [9.17, 15) is 0 Å². The highest BCUT2D eigenvalue weighted by Crippen LogP contribution is 2.08. The Bertz CT molecular complexity index is 489. The summed E-state index contributed by atoms with van der Waals surface area (Å²) < 4.78 is 1.93. The summed E-state index contributed by atoms with van der Waals surface area (Å²) in [5, 5.41) is 0. The molecule has 0 fully saturated rings. The summed E-state index contributed by atoms with van der Waals surface area (Å²) in [6.07, 6.45) is 5.18. The molecular formula is C11H15N5. The second-order valence-corrected chi connectivity index (χ2v) is 3.58. The Labute approximate surface area is 94.6 Å². The molecule has 2 heterocycles. The van der Waals surface area contributed by atoms with Crippen molar-refractivity contribution in [1.29, 1.82) is 0 Å². The summed E-state index contributed by atoms with van der Waals surface area (Å²) >= 11 is 0. The molecule has 0 aliphatic rings. The van der Waals surface area contributed by atoms with Gasteiger partial charge in [-0.3, -0.25) is 4.57 Å². The van der Waals surface area contributed by atoms with Gasteiger partial charge in [0.1, 0.15) is 18.0 Å². The van der Waals surface area contributed by atoms with Gasteiger partial charge in [0.15, 0.2) is 0 Å². The molecular weight excluding hydrogens is 202 g/mol. The molecule has 2 aromatic heterocycles. The third-order valence-corrected chi connectivity index (χ3v) is 2.36. The highest BCUT2D eigenvalue weighted by atomic mass is 15.2. The van der Waals surface area contributed by atoms with Gasteiger partial charge in [-0.25, -0.2) is 15.0 Å². The summed E-state index contributed by atoms with van der Waals surface area (Å²) in [4.78, 5) is 17.1. The molecule has 16 heavy (non-hydrogen) atoms. The van der Waals surface area contributed by atoms with Crippen LogP contribution < -0.4 is 0 Å². The van der Waals surface area contributed by atoms with Crippen LogP contribution in [0.15, 0.2) is 12.5 Å². The fourth-order valence-electron chi connectivity index (χ4n) is 1.58. The van der Waals surface area contributed by atoms with E-state index in [0.29, 0.717) is 5.95 Å². The monoisotopic (exact) mass is 217 g/mol. The highest BCUT2D eigenvalue weighted by molar-refractivity contribution is 5.18. The minimum absolute atomic E-state index is 0.657. The van der Waals surface area contributed by atoms with Crippen LogP contribution in [0.4, 0.5) is 0 Å². The number of hydrogen-bond donors (Lipinski definition) is 0. The molecule has 0 N–H and O–H groups in total. The average molecular weight is 217 g/mol. The molecule has 0 saturated heterocycles. The van der Waals surface area contributed by atoms with Crippen LogP contribution in [0, 0.1) is 6.92 Å². The van der Waals surface area contributed by atoms with Gasteiger partial charge < -0.3 is 0 Å². The lowest BCUT2D eigenvalue weighted by Gasteiger charge is -2.04. The number of aryl methyl sites for hydroxylation is 3. The molecule has 84 valence electrons. The number of hydrogen-bond acceptors (Lipinski definition) is 4. The Balaban J connectivity index is 2.48. The third-order valence-electron chi connectivity index (χ3n) is 2.36. The predicted octanol–water partition coefficient (Wildman–Crippen LogP) is 1.49. The Kier molecular flexibility index (Phi) is 2.94. The van der Waals surface area contributed by atoms with Crippen molar-refractivity contribution in [1.82, 2.24) is 24.5 Å². The lowest BCUT2D eigenvalue weighted by atomic mass is 10.4. The second-order valence-electron chi connectivity index (χ2n) is 3.58. The van der Waals surface area contributed by atoms with Gasteiger partial charge >= 0.3 is 0 Å². The lowest BCUT2D eigenvalue weighted by Crippen LogP contribution is -2.07. The van der Waals surface area contributed by atoms with Gasteiger partial charge in [-0.2, -0.15) is 4.98 Å². The third kappa shape index (κ3) is 1.93. The molecule has 0 saturated carbocycles. The smallest absolute Gasteiger partial charge is 0.238 e. The zero-order chi connectivity index (χ0) is 11.5. The average Bonchev–Trinajstić information content (AvgIpc) is 2.70. The lowest BCUT2D eigenvalue weighted by molar-refractivity contribution is 0.792. The topological polar surface area (TPSA) is 56.5 Å². The van der Waals surface area contributed by atoms with Crippen LogP contribution in [0.25, 0.3) is 5.95 Å². The molecule has 0 aliphatic carbocycles. The largest absolute Gasteiger partial charge is 0.271 e. The first-order valence-electron chi connectivity index (χ1n) is 5.47. The van der Waals surface area contributed by atoms with Crippen LogP contribution in [-0.4, -0.2) is 24.5 Å². The standard InChI is InChI=1S/C11H15N5/c1-4-9-12-7-13-11(15-9)16-6-8(3)14-10(16)5-2/h6-7H,4-5H2,1-3H3. The van der Waals surface area contributed by atoms with Crippen molar-refractivity contribution in [2.45, 2.75) is 33.6 Å². The molecule has 0 spiro atoms. The summed E-state index contributed by atoms with van der Waals surface area (Å²) in [7, 11) is 0. The number of imidazole rings is 1. The maximum absolute atomic E-state index is 4.42. The van der Waals surface area contributed by atoms with E-state index in [1.807, 2.05) is 24.6 Å². The number of aromatic nitrogens is 5. The van der Waals surface area contributed by atoms with Crippen molar-refractivity contribution in [3.8, 4) is 5.95 Å². The molecule has 2 rings (SSSR count). The predicted molar refractivity (Wildman–Crippen MR) is 60.4 cm³/mol. The van der Waals surface area contributed by atoms with Crippen molar-refractivity contribution in [2.24, 2.45) is 0 Å². The van der Waals surface area contributed by atoms with E-state index >= 15 is 0 Å². The molecule has 0 bridgehead atoms. The maximum Gasteiger partial charge on any atom is 0.238 e. The molecule has 2 aromatic rings. The van der Waals surface area contributed by atoms with Crippen molar-refractivity contribution in [2.75, 3.05) is 0 Å². The first-order valence-corrected chi connectivity index (χ1v) is 5.47. The Morgan fingerprint density at radius 1 is 1.12 bits per heavy atom. The number of rotatable bonds is 3. The summed E-state index contributed by atoms with van der Waals surface area (Å²) in [5.41, 5.74) is 0.982. The van der Waals surface area contributed by atoms with E-state index in [0.717, 1.165) is 30.2 Å². The summed E-state index contributed by atoms with van der Waals surface area (Å²) in [6.45, 7) is 6.07. The van der Waals surface area contributed by atoms with Crippen molar-refractivity contribution in [3.05, 3.63) is 29.9 Å². The van der Waals surface area contributed by atoms with E-state index < -0.39 is 0 Å². The molecule has 5 heteroatoms. The summed E-state index contributed by atoms with van der Waals surface area (Å²) in [6, 6.07) is 0. The molecule has 0 unspecified atom stereocenters. The van der Waals surface area contributed by atoms with Gasteiger partial charge in [0, 0.05) is 19.0 Å². The molecule has 0 aromatic carbocycles. The first-order chi connectivity index (χ1) is 7.74. The minimum Gasteiger partial charge on any atom is -0.271 e. The molecule has 0 radical (unpaired) electrons. The van der Waals surface area contributed by atoms with Crippen LogP contribution in [0.1, 0.15) is 31.2 Å². The SMILES string of the molecule is CCc1ncnc(-n2cc(C)nc2CC)n1. The Morgan fingerprint density at radius 2 is 1.94 bits per heavy atom. The van der Waals surface area contributed by atoms with E-state index in [4.69, 9.17) is 0 Å². The van der Waals surface area contributed by atoms with E-state index in [-0.39, 0.29) is 0 Å². The zero-order valence-electron chi connectivity index (χ0n) is 9.80. The zero-order valence-corrected chi connectivity index (χ0v) is 9.80.